The summed E-state index contributed by atoms with van der Waals surface area (Å²) in [7, 11) is -3.81. The summed E-state index contributed by atoms with van der Waals surface area (Å²) in [6.45, 7) is 0. The maximum atomic E-state index is 12.1. The van der Waals surface area contributed by atoms with E-state index in [2.05, 4.69) is 4.40 Å². The van der Waals surface area contributed by atoms with Crippen molar-refractivity contribution in [3.8, 4) is 0 Å². The number of hydrogen-bond acceptors (Lipinski definition) is 6. The summed E-state index contributed by atoms with van der Waals surface area (Å²) in [6.07, 6.45) is 5.77. The summed E-state index contributed by atoms with van der Waals surface area (Å²) in [5.41, 5.74) is 0.565. The number of carboxylic acids is 1. The maximum Gasteiger partial charge on any atom is 0.282 e. The third-order valence-corrected chi connectivity index (χ3v) is 5.13. The standard InChI is InChI=1S/C16H15NO5S2/c18-15(10-23-11-16(19)20)12-6-8-13(9-7-12)17-24(21,22)14-4-2-1-3-5-14/h1-9,18H,10-11H2,(H,19,20)/p-2. The smallest absolute Gasteiger partial charge is 0.282 e. The quantitative estimate of drug-likeness (QED) is 0.660. The molecule has 1 aromatic rings. The highest BCUT2D eigenvalue weighted by atomic mass is 32.2. The Labute approximate surface area is 144 Å². The maximum absolute atomic E-state index is 12.1. The molecule has 1 aromatic carbocycles. The van der Waals surface area contributed by atoms with Gasteiger partial charge >= 0.3 is 0 Å². The lowest BCUT2D eigenvalue weighted by Gasteiger charge is -2.16. The molecule has 126 valence electrons. The molecule has 0 saturated carbocycles. The molecule has 0 fully saturated rings. The molecule has 0 aromatic heterocycles. The number of hydrogen-bond donors (Lipinski definition) is 0. The SMILES string of the molecule is O=C([O-])CSCC([O-])=C1C=CC(=NS(=O)(=O)c2ccccc2)C=C1. The fourth-order valence-electron chi connectivity index (χ4n) is 1.80. The van der Waals surface area contributed by atoms with Gasteiger partial charge in [-0.05, 0) is 29.9 Å². The van der Waals surface area contributed by atoms with Crippen molar-refractivity contribution < 1.29 is 23.4 Å². The molecule has 0 unspecified atom stereocenters. The van der Waals surface area contributed by atoms with E-state index in [1.165, 1.54) is 36.4 Å². The average Bonchev–Trinajstić information content (AvgIpc) is 2.55. The van der Waals surface area contributed by atoms with Crippen LogP contribution in [0, 0.1) is 0 Å². The van der Waals surface area contributed by atoms with Gasteiger partial charge in [-0.1, -0.05) is 30.4 Å². The Balaban J connectivity index is 2.10. The van der Waals surface area contributed by atoms with Crippen LogP contribution in [0.5, 0.6) is 0 Å². The highest BCUT2D eigenvalue weighted by molar-refractivity contribution is 8.00. The van der Waals surface area contributed by atoms with E-state index in [1.54, 1.807) is 18.2 Å². The van der Waals surface area contributed by atoms with E-state index in [0.29, 0.717) is 5.57 Å². The normalized spacial score (nSPS) is 13.8. The zero-order valence-electron chi connectivity index (χ0n) is 12.4. The number of carbonyl (C=O) groups excluding carboxylic acids is 1. The molecule has 1 aliphatic rings. The second-order valence-corrected chi connectivity index (χ2v) is 7.30. The highest BCUT2D eigenvalue weighted by Gasteiger charge is 2.12. The van der Waals surface area contributed by atoms with Gasteiger partial charge in [0.25, 0.3) is 10.0 Å². The van der Waals surface area contributed by atoms with Gasteiger partial charge in [0.15, 0.2) is 0 Å². The molecule has 2 rings (SSSR count). The number of aliphatic carboxylic acids is 1. The molecule has 0 heterocycles. The Morgan fingerprint density at radius 3 is 2.21 bits per heavy atom. The van der Waals surface area contributed by atoms with Crippen LogP contribution in [0.3, 0.4) is 0 Å². The van der Waals surface area contributed by atoms with Gasteiger partial charge < -0.3 is 15.0 Å². The predicted octanol–water partition coefficient (Wildman–Crippen LogP) is 0.0398. The second kappa shape index (κ2) is 7.98. The minimum Gasteiger partial charge on any atom is -0.874 e. The van der Waals surface area contributed by atoms with Gasteiger partial charge in [-0.25, -0.2) is 0 Å². The molecule has 0 N–H and O–H groups in total. The number of carbonyl (C=O) groups is 1. The van der Waals surface area contributed by atoms with Gasteiger partial charge in [-0.15, -0.1) is 5.76 Å². The summed E-state index contributed by atoms with van der Waals surface area (Å²) >= 11 is 0.945. The third kappa shape index (κ3) is 5.10. The minimum atomic E-state index is -3.81. The van der Waals surface area contributed by atoms with Crippen LogP contribution in [0.15, 0.2) is 75.3 Å². The first-order chi connectivity index (χ1) is 11.4. The van der Waals surface area contributed by atoms with Gasteiger partial charge in [0.2, 0.25) is 0 Å². The minimum absolute atomic E-state index is 0.00673. The van der Waals surface area contributed by atoms with Gasteiger partial charge in [-0.2, -0.15) is 24.6 Å². The molecule has 24 heavy (non-hydrogen) atoms. The van der Waals surface area contributed by atoms with E-state index < -0.39 is 16.0 Å². The summed E-state index contributed by atoms with van der Waals surface area (Å²) in [5.74, 6) is -1.73. The average molecular weight is 363 g/mol. The number of thioether (sulfide) groups is 1. The molecule has 0 aliphatic heterocycles. The van der Waals surface area contributed by atoms with Crippen molar-refractivity contribution in [1.29, 1.82) is 0 Å². The van der Waals surface area contributed by atoms with Crippen LogP contribution in [-0.2, 0) is 14.8 Å². The molecule has 8 heteroatoms. The second-order valence-electron chi connectivity index (χ2n) is 4.71. The van der Waals surface area contributed by atoms with E-state index in [0.717, 1.165) is 11.8 Å². The largest absolute Gasteiger partial charge is 0.874 e. The van der Waals surface area contributed by atoms with Gasteiger partial charge in [-0.3, -0.25) is 0 Å². The number of benzene rings is 1. The topological polar surface area (TPSA) is 110 Å². The lowest BCUT2D eigenvalue weighted by Crippen LogP contribution is -2.25. The summed E-state index contributed by atoms with van der Waals surface area (Å²) < 4.78 is 28.0. The zero-order valence-corrected chi connectivity index (χ0v) is 14.0. The Morgan fingerprint density at radius 2 is 1.62 bits per heavy atom. The molecule has 6 nitrogen and oxygen atoms in total. The Morgan fingerprint density at radius 1 is 1.00 bits per heavy atom. The summed E-state index contributed by atoms with van der Waals surface area (Å²) in [6, 6.07) is 7.82. The summed E-state index contributed by atoms with van der Waals surface area (Å²) in [5, 5.41) is 22.2. The lowest BCUT2D eigenvalue weighted by atomic mass is 10.1. The fraction of sp³-hybridized carbons (Fsp3) is 0.125. The van der Waals surface area contributed by atoms with Gasteiger partial charge in [0, 0.05) is 11.5 Å². The van der Waals surface area contributed by atoms with Crippen molar-refractivity contribution in [3.05, 3.63) is 66.0 Å². The first-order valence-corrected chi connectivity index (χ1v) is 9.42. The Bertz CT molecular complexity index is 818. The molecule has 0 bridgehead atoms. The molecule has 0 atom stereocenters. The summed E-state index contributed by atoms with van der Waals surface area (Å²) in [4.78, 5) is 10.4. The molecular weight excluding hydrogens is 350 g/mol. The molecule has 0 amide bonds. The van der Waals surface area contributed by atoms with E-state index in [-0.39, 0.29) is 27.9 Å². The zero-order chi connectivity index (χ0) is 17.6. The lowest BCUT2D eigenvalue weighted by molar-refractivity contribution is -0.301. The first kappa shape index (κ1) is 18.0. The van der Waals surface area contributed by atoms with E-state index in [4.69, 9.17) is 0 Å². The Hall–Kier alpha value is -2.32. The van der Waals surface area contributed by atoms with Crippen molar-refractivity contribution in [1.82, 2.24) is 0 Å². The van der Waals surface area contributed by atoms with Crippen LogP contribution in [0.2, 0.25) is 0 Å². The van der Waals surface area contributed by atoms with Crippen LogP contribution in [-0.4, -0.2) is 31.6 Å². The van der Waals surface area contributed by atoms with Crippen LogP contribution < -0.4 is 10.2 Å². The molecule has 0 saturated heterocycles. The number of sulfonamides is 1. The van der Waals surface area contributed by atoms with Crippen LogP contribution in [0.1, 0.15) is 0 Å². The highest BCUT2D eigenvalue weighted by Crippen LogP contribution is 2.16. The number of allylic oxidation sites excluding steroid dienone is 5. The molecule has 1 aliphatic carbocycles. The van der Waals surface area contributed by atoms with Gasteiger partial charge in [0.1, 0.15) is 0 Å². The van der Waals surface area contributed by atoms with Gasteiger partial charge in [0.05, 0.1) is 16.6 Å². The van der Waals surface area contributed by atoms with Crippen LogP contribution in [0.25, 0.3) is 0 Å². The molecule has 0 spiro atoms. The third-order valence-electron chi connectivity index (χ3n) is 2.91. The van der Waals surface area contributed by atoms with Crippen molar-refractivity contribution in [2.24, 2.45) is 4.40 Å². The first-order valence-electron chi connectivity index (χ1n) is 6.82. The van der Waals surface area contributed by atoms with Crippen LogP contribution >= 0.6 is 11.8 Å². The van der Waals surface area contributed by atoms with Crippen molar-refractivity contribution in [2.75, 3.05) is 11.5 Å². The van der Waals surface area contributed by atoms with E-state index >= 15 is 0 Å². The van der Waals surface area contributed by atoms with Crippen molar-refractivity contribution in [2.45, 2.75) is 4.90 Å². The van der Waals surface area contributed by atoms with E-state index in [9.17, 15) is 23.4 Å². The molecule has 0 radical (unpaired) electrons. The van der Waals surface area contributed by atoms with E-state index in [1.807, 2.05) is 0 Å². The number of nitrogens with zero attached hydrogens (tertiary/aromatic N) is 1. The van der Waals surface area contributed by atoms with Crippen molar-refractivity contribution in [3.63, 3.8) is 0 Å². The monoisotopic (exact) mass is 363 g/mol. The molecular formula is C16H13NO5S2-2. The predicted molar refractivity (Wildman–Crippen MR) is 88.7 cm³/mol. The number of rotatable bonds is 6. The van der Waals surface area contributed by atoms with Crippen LogP contribution in [0.4, 0.5) is 0 Å². The fourth-order valence-corrected chi connectivity index (χ4v) is 3.43. The Kier molecular flexibility index (Phi) is 5.99. The number of carboxylic acid groups (broad SMARTS) is 1. The van der Waals surface area contributed by atoms with Crippen molar-refractivity contribution >= 4 is 33.5 Å².